The van der Waals surface area contributed by atoms with E-state index in [0.29, 0.717) is 17.6 Å². The maximum atomic E-state index is 14.9. The molecule has 3 unspecified atom stereocenters. The summed E-state index contributed by atoms with van der Waals surface area (Å²) in [6.45, 7) is 9.33. The Hall–Kier alpha value is -5.87. The molecule has 4 aliphatic rings. The lowest BCUT2D eigenvalue weighted by Gasteiger charge is -2.57. The summed E-state index contributed by atoms with van der Waals surface area (Å²) in [5.74, 6) is 1.74. The fourth-order valence-electron chi connectivity index (χ4n) is 12.8. The lowest BCUT2D eigenvalue weighted by Crippen LogP contribution is -2.54. The predicted molar refractivity (Wildman–Crippen MR) is 243 cm³/mol. The van der Waals surface area contributed by atoms with Crippen LogP contribution in [0.25, 0.3) is 21.8 Å². The number of benzene rings is 5. The van der Waals surface area contributed by atoms with Crippen molar-refractivity contribution in [3.63, 3.8) is 0 Å². The van der Waals surface area contributed by atoms with E-state index in [4.69, 9.17) is 4.74 Å². The molecule has 5 atom stereocenters. The maximum absolute atomic E-state index is 14.9. The Kier molecular flexibility index (Phi) is 8.57. The molecule has 0 radical (unpaired) electrons. The van der Waals surface area contributed by atoms with Crippen molar-refractivity contribution in [2.75, 3.05) is 0 Å². The molecule has 60 heavy (non-hydrogen) atoms. The number of aromatic amines is 2. The molecule has 11 rings (SSSR count). The van der Waals surface area contributed by atoms with E-state index < -0.39 is 10.8 Å². The fraction of sp³-hybridized carbons (Fsp3) is 0.304. The van der Waals surface area contributed by atoms with Gasteiger partial charge in [-0.05, 0) is 120 Å². The smallest absolute Gasteiger partial charge is 0.317 e. The van der Waals surface area contributed by atoms with Crippen LogP contribution < -0.4 is 4.74 Å². The van der Waals surface area contributed by atoms with Gasteiger partial charge in [-0.15, -0.1) is 0 Å². The highest BCUT2D eigenvalue weighted by atomic mass is 16.5. The van der Waals surface area contributed by atoms with Crippen molar-refractivity contribution in [3.8, 4) is 5.75 Å². The van der Waals surface area contributed by atoms with Crippen LogP contribution in [0.4, 0.5) is 0 Å². The second kappa shape index (κ2) is 13.8. The number of rotatable bonds is 6. The molecule has 4 nitrogen and oxygen atoms in total. The number of para-hydroxylation sites is 1. The monoisotopic (exact) mass is 786 g/mol. The Morgan fingerprint density at radius 1 is 0.717 bits per heavy atom. The van der Waals surface area contributed by atoms with Crippen LogP contribution in [-0.2, 0) is 10.2 Å². The molecular weight excluding hydrogens is 733 g/mol. The van der Waals surface area contributed by atoms with E-state index in [0.717, 1.165) is 54.2 Å². The van der Waals surface area contributed by atoms with Gasteiger partial charge in [0.2, 0.25) is 0 Å². The van der Waals surface area contributed by atoms with Gasteiger partial charge in [-0.25, -0.2) is 0 Å². The summed E-state index contributed by atoms with van der Waals surface area (Å²) in [5, 5.41) is 2.29. The Balaban J connectivity index is 1.08. The molecule has 0 bridgehead atoms. The van der Waals surface area contributed by atoms with E-state index in [9.17, 15) is 4.79 Å². The molecule has 4 heteroatoms. The lowest BCUT2D eigenvalue weighted by atomic mass is 9.47. The van der Waals surface area contributed by atoms with E-state index in [1.807, 2.05) is 6.07 Å². The first kappa shape index (κ1) is 37.2. The topological polar surface area (TPSA) is 57.9 Å². The number of allylic oxidation sites excluding steroid dienone is 4. The zero-order chi connectivity index (χ0) is 40.8. The van der Waals surface area contributed by atoms with Crippen molar-refractivity contribution in [2.24, 2.45) is 28.6 Å². The average Bonchev–Trinajstić information content (AvgIpc) is 3.85. The molecule has 0 spiro atoms. The first-order chi connectivity index (χ1) is 29.2. The van der Waals surface area contributed by atoms with Gasteiger partial charge in [0.15, 0.2) is 0 Å². The van der Waals surface area contributed by atoms with Gasteiger partial charge in [0.1, 0.15) is 11.2 Å². The maximum Gasteiger partial charge on any atom is 0.317 e. The Labute approximate surface area is 353 Å². The van der Waals surface area contributed by atoms with Gasteiger partial charge in [0, 0.05) is 39.1 Å². The molecule has 1 saturated carbocycles. The van der Waals surface area contributed by atoms with Crippen LogP contribution in [0.15, 0.2) is 157 Å². The summed E-state index contributed by atoms with van der Waals surface area (Å²) >= 11 is 0. The number of esters is 1. The molecule has 4 aliphatic carbocycles. The van der Waals surface area contributed by atoms with Crippen molar-refractivity contribution < 1.29 is 9.53 Å². The number of hydrogen-bond donors (Lipinski definition) is 2. The molecule has 2 N–H and O–H groups in total. The van der Waals surface area contributed by atoms with Gasteiger partial charge >= 0.3 is 5.97 Å². The third-order valence-corrected chi connectivity index (χ3v) is 15.7. The number of fused-ring (bicyclic) bond motifs is 9. The Bertz CT molecular complexity index is 2800. The largest absolute Gasteiger partial charge is 0.426 e. The predicted octanol–water partition coefficient (Wildman–Crippen LogP) is 13.6. The quantitative estimate of drug-likeness (QED) is 0.130. The molecule has 1 fully saturated rings. The minimum Gasteiger partial charge on any atom is -0.426 e. The van der Waals surface area contributed by atoms with E-state index >= 15 is 0 Å². The number of nitrogens with one attached hydrogen (secondary N) is 2. The van der Waals surface area contributed by atoms with E-state index in [-0.39, 0.29) is 23.2 Å². The van der Waals surface area contributed by atoms with Crippen molar-refractivity contribution >= 4 is 27.8 Å². The molecule has 2 heterocycles. The van der Waals surface area contributed by atoms with Crippen LogP contribution in [0.3, 0.4) is 0 Å². The summed E-state index contributed by atoms with van der Waals surface area (Å²) in [4.78, 5) is 23.0. The second-order valence-electron chi connectivity index (χ2n) is 19.0. The Morgan fingerprint density at radius 2 is 1.33 bits per heavy atom. The number of hydrogen-bond acceptors (Lipinski definition) is 2. The van der Waals surface area contributed by atoms with Crippen molar-refractivity contribution in [1.82, 2.24) is 9.97 Å². The summed E-state index contributed by atoms with van der Waals surface area (Å²) in [6, 6.07) is 47.8. The molecule has 5 aromatic carbocycles. The first-order valence-corrected chi connectivity index (χ1v) is 22.3. The van der Waals surface area contributed by atoms with Crippen molar-refractivity contribution in [2.45, 2.75) is 77.6 Å². The van der Waals surface area contributed by atoms with Crippen molar-refractivity contribution in [1.29, 1.82) is 0 Å². The van der Waals surface area contributed by atoms with Crippen LogP contribution in [-0.4, -0.2) is 15.9 Å². The summed E-state index contributed by atoms with van der Waals surface area (Å²) in [6.07, 6.45) is 11.3. The van der Waals surface area contributed by atoms with Crippen LogP contribution >= 0.6 is 0 Å². The SMILES string of the molecule is CC(C)C1=CC2=CCC3[C@](C)(CCC[C@@]3(C)C(=O)Oc3ccc4[nH]c5c(c4c3)C(c3ccccc3)c3c([nH]c4ccccc34)C5(c3ccccc3)c3ccccc3)C2CC1. The molecule has 300 valence electrons. The summed E-state index contributed by atoms with van der Waals surface area (Å²) in [7, 11) is 0. The minimum absolute atomic E-state index is 0.0664. The number of H-pyrrole nitrogens is 2. The van der Waals surface area contributed by atoms with Crippen LogP contribution in [0.1, 0.15) is 111 Å². The third kappa shape index (κ3) is 5.31. The highest BCUT2D eigenvalue weighted by Crippen LogP contribution is 2.63. The van der Waals surface area contributed by atoms with E-state index in [1.54, 1.807) is 5.57 Å². The third-order valence-electron chi connectivity index (χ3n) is 15.7. The molecule has 2 aromatic heterocycles. The first-order valence-electron chi connectivity index (χ1n) is 22.3. The van der Waals surface area contributed by atoms with Gasteiger partial charge in [-0.1, -0.05) is 154 Å². The summed E-state index contributed by atoms with van der Waals surface area (Å²) in [5.41, 5.74) is 12.4. The molecular formula is C56H54N2O2. The minimum atomic E-state index is -0.690. The average molecular weight is 787 g/mol. The van der Waals surface area contributed by atoms with Crippen LogP contribution in [0.5, 0.6) is 5.75 Å². The number of ether oxygens (including phenoxy) is 1. The van der Waals surface area contributed by atoms with E-state index in [1.165, 1.54) is 50.9 Å². The van der Waals surface area contributed by atoms with Crippen molar-refractivity contribution in [3.05, 3.63) is 196 Å². The van der Waals surface area contributed by atoms with Gasteiger partial charge in [-0.3, -0.25) is 4.79 Å². The number of carbonyl (C=O) groups is 1. The van der Waals surface area contributed by atoms with Gasteiger partial charge in [-0.2, -0.15) is 0 Å². The second-order valence-corrected chi connectivity index (χ2v) is 19.0. The molecule has 0 amide bonds. The lowest BCUT2D eigenvalue weighted by molar-refractivity contribution is -0.159. The number of aromatic nitrogens is 2. The zero-order valence-electron chi connectivity index (χ0n) is 35.2. The normalized spacial score (nSPS) is 25.4. The van der Waals surface area contributed by atoms with E-state index in [2.05, 4.69) is 177 Å². The zero-order valence-corrected chi connectivity index (χ0v) is 35.2. The molecule has 0 aliphatic heterocycles. The summed E-state index contributed by atoms with van der Waals surface area (Å²) < 4.78 is 6.70. The fourth-order valence-corrected chi connectivity index (χ4v) is 12.8. The molecule has 0 saturated heterocycles. The van der Waals surface area contributed by atoms with Crippen LogP contribution in [0.2, 0.25) is 0 Å². The van der Waals surface area contributed by atoms with Gasteiger partial charge in [0.05, 0.1) is 5.41 Å². The highest BCUT2D eigenvalue weighted by Gasteiger charge is 2.58. The van der Waals surface area contributed by atoms with Gasteiger partial charge < -0.3 is 14.7 Å². The highest BCUT2D eigenvalue weighted by molar-refractivity contribution is 5.96. The van der Waals surface area contributed by atoms with Gasteiger partial charge in [0.25, 0.3) is 0 Å². The van der Waals surface area contributed by atoms with Crippen LogP contribution in [0, 0.1) is 28.6 Å². The Morgan fingerprint density at radius 3 is 2.02 bits per heavy atom. The molecule has 7 aromatic rings. The number of carbonyl (C=O) groups excluding carboxylic acids is 1. The standard InChI is InChI=1S/C56H54N2O2/c1-35(2)37-25-28-44-38(33-37)26-30-47-54(44,3)31-16-32-55(47,4)53(59)60-41-27-29-46-43(34-41)50-48(36-17-8-5-9-18-36)49-42-23-14-15-24-45(42)57-51(49)56(52(50)58-46,39-19-10-6-11-20-39)40-21-12-7-13-22-40/h5-15,17-24,26-27,29,33-35,44,47-48,57-58H,16,25,28,30-32H2,1-4H3/t44?,47?,48?,54-,55-/m1/s1.